The molecular formula is C31H29F2N3O5. The Labute approximate surface area is 234 Å². The van der Waals surface area contributed by atoms with Crippen LogP contribution in [0.15, 0.2) is 60.9 Å². The number of methoxy groups -OCH3 is 2. The number of phenolic OH excluding ortho intramolecular Hbond substituents is 1. The van der Waals surface area contributed by atoms with E-state index in [9.17, 15) is 23.8 Å². The number of carboxylic acids is 1. The number of H-pyrrole nitrogens is 1. The van der Waals surface area contributed by atoms with Crippen LogP contribution >= 0.6 is 0 Å². The number of carbonyl (C=O) groups is 1. The van der Waals surface area contributed by atoms with Crippen molar-refractivity contribution in [1.29, 1.82) is 0 Å². The fourth-order valence-electron chi connectivity index (χ4n) is 5.33. The predicted molar refractivity (Wildman–Crippen MR) is 150 cm³/mol. The summed E-state index contributed by atoms with van der Waals surface area (Å²) in [5.41, 5.74) is 3.02. The highest BCUT2D eigenvalue weighted by Gasteiger charge is 2.34. The lowest BCUT2D eigenvalue weighted by Gasteiger charge is -2.29. The van der Waals surface area contributed by atoms with Crippen molar-refractivity contribution in [3.05, 3.63) is 89.4 Å². The van der Waals surface area contributed by atoms with Crippen LogP contribution in [0.5, 0.6) is 17.2 Å². The second-order valence-electron chi connectivity index (χ2n) is 10.4. The number of halogens is 2. The lowest BCUT2D eigenvalue weighted by atomic mass is 9.79. The number of hydrogen-bond donors (Lipinski definition) is 3. The summed E-state index contributed by atoms with van der Waals surface area (Å²) in [4.78, 5) is 11.8. The second-order valence-corrected chi connectivity index (χ2v) is 10.4. The molecule has 0 aliphatic rings. The summed E-state index contributed by atoms with van der Waals surface area (Å²) in [7, 11) is 2.74. The molecule has 8 nitrogen and oxygen atoms in total. The minimum atomic E-state index is -1.16. The van der Waals surface area contributed by atoms with Crippen molar-refractivity contribution in [1.82, 2.24) is 14.8 Å². The van der Waals surface area contributed by atoms with Gasteiger partial charge < -0.3 is 24.3 Å². The van der Waals surface area contributed by atoms with E-state index in [1.165, 1.54) is 32.4 Å². The van der Waals surface area contributed by atoms with E-state index in [1.807, 2.05) is 24.6 Å². The number of phenols is 1. The van der Waals surface area contributed by atoms with Gasteiger partial charge in [-0.05, 0) is 60.4 Å². The maximum atomic E-state index is 15.0. The number of aromatic amines is 1. The molecular weight excluding hydrogens is 532 g/mol. The molecule has 5 aromatic rings. The third kappa shape index (κ3) is 4.86. The van der Waals surface area contributed by atoms with Crippen molar-refractivity contribution in [2.75, 3.05) is 14.2 Å². The molecule has 3 N–H and O–H groups in total. The molecule has 3 aromatic carbocycles. The Kier molecular flexibility index (Phi) is 7.17. The normalized spacial score (nSPS) is 11.7. The number of rotatable bonds is 9. The number of aromatic nitrogens is 3. The number of nitrogens with zero attached hydrogens (tertiary/aromatic N) is 2. The molecule has 41 heavy (non-hydrogen) atoms. The van der Waals surface area contributed by atoms with Gasteiger partial charge in [-0.1, -0.05) is 19.9 Å². The third-order valence-corrected chi connectivity index (χ3v) is 7.41. The Bertz CT molecular complexity index is 1760. The Balaban J connectivity index is 1.89. The number of nitrogens with one attached hydrogen (secondary N) is 1. The molecule has 10 heteroatoms. The Hall–Kier alpha value is -4.86. The minimum Gasteiger partial charge on any atom is -0.504 e. The minimum absolute atomic E-state index is 0.0202. The highest BCUT2D eigenvalue weighted by Crippen LogP contribution is 2.48. The van der Waals surface area contributed by atoms with Gasteiger partial charge in [0.1, 0.15) is 11.3 Å². The molecule has 0 atom stereocenters. The first-order chi connectivity index (χ1) is 19.6. The Morgan fingerprint density at radius 1 is 1.02 bits per heavy atom. The zero-order valence-electron chi connectivity index (χ0n) is 23.0. The molecule has 0 bridgehead atoms. The van der Waals surface area contributed by atoms with Crippen LogP contribution in [0, 0.1) is 11.6 Å². The van der Waals surface area contributed by atoms with E-state index in [0.29, 0.717) is 40.9 Å². The largest absolute Gasteiger partial charge is 0.504 e. The van der Waals surface area contributed by atoms with Crippen molar-refractivity contribution in [3.8, 4) is 34.1 Å². The Morgan fingerprint density at radius 3 is 2.41 bits per heavy atom. The molecule has 0 unspecified atom stereocenters. The molecule has 0 aliphatic carbocycles. The molecule has 2 heterocycles. The molecule has 0 radical (unpaired) electrons. The van der Waals surface area contributed by atoms with Crippen LogP contribution in [-0.4, -0.2) is 45.2 Å². The summed E-state index contributed by atoms with van der Waals surface area (Å²) in [5.74, 6) is -2.95. The van der Waals surface area contributed by atoms with Crippen LogP contribution in [0.25, 0.3) is 27.7 Å². The molecule has 0 saturated carbocycles. The zero-order valence-corrected chi connectivity index (χ0v) is 23.0. The van der Waals surface area contributed by atoms with Crippen LogP contribution < -0.4 is 9.47 Å². The van der Waals surface area contributed by atoms with E-state index in [-0.39, 0.29) is 22.4 Å². The molecule has 0 saturated heterocycles. The number of fused-ring (bicyclic) bond motifs is 1. The molecule has 0 spiro atoms. The van der Waals surface area contributed by atoms with Gasteiger partial charge in [0.2, 0.25) is 0 Å². The second kappa shape index (κ2) is 10.6. The highest BCUT2D eigenvalue weighted by molar-refractivity contribution is 6.04. The summed E-state index contributed by atoms with van der Waals surface area (Å²) in [6, 6.07) is 11.7. The predicted octanol–water partition coefficient (Wildman–Crippen LogP) is 6.63. The van der Waals surface area contributed by atoms with E-state index < -0.39 is 28.8 Å². The van der Waals surface area contributed by atoms with Gasteiger partial charge in [0.05, 0.1) is 31.3 Å². The molecule has 212 valence electrons. The summed E-state index contributed by atoms with van der Waals surface area (Å²) < 4.78 is 42.0. The van der Waals surface area contributed by atoms with Gasteiger partial charge >= 0.3 is 5.97 Å². The number of aryl methyl sites for hydroxylation is 1. The van der Waals surface area contributed by atoms with E-state index in [0.717, 1.165) is 5.56 Å². The number of benzene rings is 3. The fourth-order valence-corrected chi connectivity index (χ4v) is 5.33. The van der Waals surface area contributed by atoms with Crippen molar-refractivity contribution in [3.63, 3.8) is 0 Å². The van der Waals surface area contributed by atoms with Gasteiger partial charge in [-0.25, -0.2) is 13.6 Å². The molecule has 0 amide bonds. The van der Waals surface area contributed by atoms with E-state index in [4.69, 9.17) is 9.47 Å². The first-order valence-corrected chi connectivity index (χ1v) is 12.9. The molecule has 0 aliphatic heterocycles. The van der Waals surface area contributed by atoms with Crippen molar-refractivity contribution in [2.45, 2.75) is 32.1 Å². The standard InChI is InChI=1S/C31H29F2N3O5/c1-31(2,12-11-17-15-34-35-16-17)29-26(18-5-7-20(30(38)39)24(13-18)40-3)27-23(10-9-22(33)28(27)37)36(29)19-6-8-21(32)25(14-19)41-4/h5-10,13-16,37H,11-12H2,1-4H3,(H,34,35)(H,38,39). The zero-order chi connectivity index (χ0) is 29.5. The maximum absolute atomic E-state index is 15.0. The van der Waals surface area contributed by atoms with Crippen molar-refractivity contribution < 1.29 is 33.3 Å². The lowest BCUT2D eigenvalue weighted by molar-refractivity contribution is 0.0693. The molecule has 2 aromatic heterocycles. The lowest BCUT2D eigenvalue weighted by Crippen LogP contribution is -2.23. The van der Waals surface area contributed by atoms with Crippen LogP contribution in [0.1, 0.15) is 41.9 Å². The van der Waals surface area contributed by atoms with E-state index in [2.05, 4.69) is 10.2 Å². The van der Waals surface area contributed by atoms with Crippen LogP contribution in [0.2, 0.25) is 0 Å². The van der Waals surface area contributed by atoms with Crippen molar-refractivity contribution >= 4 is 16.9 Å². The van der Waals surface area contributed by atoms with Gasteiger partial charge in [0, 0.05) is 34.6 Å². The third-order valence-electron chi connectivity index (χ3n) is 7.41. The fraction of sp³-hybridized carbons (Fsp3) is 0.226. The average Bonchev–Trinajstić information content (AvgIpc) is 3.61. The van der Waals surface area contributed by atoms with Crippen molar-refractivity contribution in [2.24, 2.45) is 0 Å². The molecule has 5 rings (SSSR count). The van der Waals surface area contributed by atoms with Gasteiger partial charge in [0.25, 0.3) is 0 Å². The highest BCUT2D eigenvalue weighted by atomic mass is 19.1. The first kappa shape index (κ1) is 27.7. The number of aromatic carboxylic acids is 1. The smallest absolute Gasteiger partial charge is 0.339 e. The quantitative estimate of drug-likeness (QED) is 0.186. The van der Waals surface area contributed by atoms with E-state index >= 15 is 0 Å². The maximum Gasteiger partial charge on any atom is 0.339 e. The van der Waals surface area contributed by atoms with Gasteiger partial charge in [-0.2, -0.15) is 5.10 Å². The van der Waals surface area contributed by atoms with Crippen LogP contribution in [0.4, 0.5) is 8.78 Å². The average molecular weight is 562 g/mol. The summed E-state index contributed by atoms with van der Waals surface area (Å²) in [6.07, 6.45) is 4.82. The van der Waals surface area contributed by atoms with Gasteiger partial charge in [0.15, 0.2) is 23.1 Å². The topological polar surface area (TPSA) is 110 Å². The van der Waals surface area contributed by atoms with Crippen LogP contribution in [0.3, 0.4) is 0 Å². The number of hydrogen-bond acceptors (Lipinski definition) is 5. The van der Waals surface area contributed by atoms with Gasteiger partial charge in [-0.3, -0.25) is 5.10 Å². The Morgan fingerprint density at radius 2 is 1.76 bits per heavy atom. The summed E-state index contributed by atoms with van der Waals surface area (Å²) in [5, 5.41) is 27.9. The molecule has 0 fully saturated rings. The number of aromatic hydroxyl groups is 1. The monoisotopic (exact) mass is 561 g/mol. The summed E-state index contributed by atoms with van der Waals surface area (Å²) >= 11 is 0. The van der Waals surface area contributed by atoms with Gasteiger partial charge in [-0.15, -0.1) is 0 Å². The van der Waals surface area contributed by atoms with E-state index in [1.54, 1.807) is 36.5 Å². The number of carboxylic acid groups (broad SMARTS) is 1. The van der Waals surface area contributed by atoms with Crippen LogP contribution in [-0.2, 0) is 11.8 Å². The SMILES string of the molecule is COc1cc(-n2c(C(C)(C)CCc3cn[nH]c3)c(-c3ccc(C(=O)O)c(OC)c3)c3c(O)c(F)ccc32)ccc1F. The first-order valence-electron chi connectivity index (χ1n) is 12.9. The summed E-state index contributed by atoms with van der Waals surface area (Å²) in [6.45, 7) is 4.05. The number of ether oxygens (including phenoxy) is 2.